The van der Waals surface area contributed by atoms with Gasteiger partial charge in [-0.25, -0.2) is 0 Å². The van der Waals surface area contributed by atoms with Crippen molar-refractivity contribution >= 4 is 17.4 Å². The third-order valence-corrected chi connectivity index (χ3v) is 3.29. The molecule has 0 spiro atoms. The number of ketones is 1. The number of nitrogens with zero attached hydrogens (tertiary/aromatic N) is 1. The highest BCUT2D eigenvalue weighted by Crippen LogP contribution is 2.40. The summed E-state index contributed by atoms with van der Waals surface area (Å²) in [5, 5.41) is 0. The van der Waals surface area contributed by atoms with E-state index < -0.39 is 5.41 Å². The molecule has 0 saturated carbocycles. The molecule has 1 heterocycles. The number of amides is 1. The molecule has 4 nitrogen and oxygen atoms in total. The average molecular weight is 247 g/mol. The molecular formula is C14H17NO3. The summed E-state index contributed by atoms with van der Waals surface area (Å²) in [7, 11) is 1.47. The van der Waals surface area contributed by atoms with Gasteiger partial charge in [0.1, 0.15) is 6.61 Å². The van der Waals surface area contributed by atoms with Crippen LogP contribution in [0.1, 0.15) is 19.4 Å². The van der Waals surface area contributed by atoms with E-state index in [0.717, 1.165) is 11.3 Å². The number of Topliss-reactive ketones (excluding diaryl/α,β-unsaturated/α-hetero) is 1. The number of fused-ring (bicyclic) bond motifs is 1. The second kappa shape index (κ2) is 4.53. The molecule has 0 atom stereocenters. The molecule has 1 aliphatic heterocycles. The molecule has 2 rings (SSSR count). The van der Waals surface area contributed by atoms with Gasteiger partial charge < -0.3 is 9.64 Å². The van der Waals surface area contributed by atoms with Gasteiger partial charge in [0, 0.05) is 12.8 Å². The molecule has 0 aromatic heterocycles. The summed E-state index contributed by atoms with van der Waals surface area (Å²) >= 11 is 0. The topological polar surface area (TPSA) is 46.6 Å². The third kappa shape index (κ3) is 1.93. The number of rotatable bonds is 4. The van der Waals surface area contributed by atoms with Gasteiger partial charge in [-0.2, -0.15) is 0 Å². The summed E-state index contributed by atoms with van der Waals surface area (Å²) in [6, 6.07) is 7.60. The zero-order valence-corrected chi connectivity index (χ0v) is 10.9. The lowest BCUT2D eigenvalue weighted by atomic mass is 9.86. The first kappa shape index (κ1) is 12.8. The maximum Gasteiger partial charge on any atom is 0.237 e. The van der Waals surface area contributed by atoms with Gasteiger partial charge in [0.15, 0.2) is 5.78 Å². The van der Waals surface area contributed by atoms with E-state index in [0.29, 0.717) is 0 Å². The van der Waals surface area contributed by atoms with E-state index in [-0.39, 0.29) is 24.8 Å². The summed E-state index contributed by atoms with van der Waals surface area (Å²) in [4.78, 5) is 25.6. The lowest BCUT2D eigenvalue weighted by Gasteiger charge is -2.19. The van der Waals surface area contributed by atoms with Crippen molar-refractivity contribution < 1.29 is 14.3 Å². The van der Waals surface area contributed by atoms with Crippen molar-refractivity contribution in [2.24, 2.45) is 0 Å². The highest BCUT2D eigenvalue weighted by molar-refractivity contribution is 6.10. The lowest BCUT2D eigenvalue weighted by molar-refractivity contribution is -0.126. The molecule has 0 fully saturated rings. The van der Waals surface area contributed by atoms with Crippen LogP contribution in [0.5, 0.6) is 0 Å². The second-order valence-corrected chi connectivity index (χ2v) is 5.01. The predicted octanol–water partition coefficient (Wildman–Crippen LogP) is 1.53. The molecule has 0 N–H and O–H groups in total. The van der Waals surface area contributed by atoms with E-state index in [2.05, 4.69) is 0 Å². The van der Waals surface area contributed by atoms with Crippen molar-refractivity contribution in [3.8, 4) is 0 Å². The number of methoxy groups -OCH3 is 1. The molecule has 4 heteroatoms. The van der Waals surface area contributed by atoms with Gasteiger partial charge in [-0.05, 0) is 25.5 Å². The summed E-state index contributed by atoms with van der Waals surface area (Å²) in [6.45, 7) is 3.88. The minimum atomic E-state index is -0.566. The SMILES string of the molecule is COCC(=O)CN1C(=O)C(C)(C)c2ccccc21. The van der Waals surface area contributed by atoms with Gasteiger partial charge in [-0.3, -0.25) is 9.59 Å². The molecule has 1 aromatic carbocycles. The Labute approximate surface area is 107 Å². The number of carbonyl (C=O) groups is 2. The molecule has 18 heavy (non-hydrogen) atoms. The van der Waals surface area contributed by atoms with E-state index in [9.17, 15) is 9.59 Å². The Kier molecular flexibility index (Phi) is 3.22. The van der Waals surface area contributed by atoms with Crippen LogP contribution in [0.2, 0.25) is 0 Å². The largest absolute Gasteiger partial charge is 0.377 e. The molecule has 0 saturated heterocycles. The average Bonchev–Trinajstić information content (AvgIpc) is 2.52. The number of anilines is 1. The highest BCUT2D eigenvalue weighted by Gasteiger charge is 2.43. The van der Waals surface area contributed by atoms with Crippen LogP contribution in [0, 0.1) is 0 Å². The fraction of sp³-hybridized carbons (Fsp3) is 0.429. The lowest BCUT2D eigenvalue weighted by Crippen LogP contribution is -2.40. The van der Waals surface area contributed by atoms with Crippen LogP contribution < -0.4 is 4.90 Å². The van der Waals surface area contributed by atoms with E-state index >= 15 is 0 Å². The van der Waals surface area contributed by atoms with Crippen LogP contribution in [0.15, 0.2) is 24.3 Å². The normalized spacial score (nSPS) is 16.8. The quantitative estimate of drug-likeness (QED) is 0.810. The van der Waals surface area contributed by atoms with E-state index in [1.165, 1.54) is 7.11 Å². The zero-order valence-electron chi connectivity index (χ0n) is 10.9. The van der Waals surface area contributed by atoms with Gasteiger partial charge >= 0.3 is 0 Å². The first-order valence-electron chi connectivity index (χ1n) is 5.90. The van der Waals surface area contributed by atoms with Crippen molar-refractivity contribution in [1.82, 2.24) is 0 Å². The fourth-order valence-corrected chi connectivity index (χ4v) is 2.34. The summed E-state index contributed by atoms with van der Waals surface area (Å²) < 4.78 is 4.80. The molecular weight excluding hydrogens is 230 g/mol. The van der Waals surface area contributed by atoms with Crippen molar-refractivity contribution in [3.05, 3.63) is 29.8 Å². The highest BCUT2D eigenvalue weighted by atomic mass is 16.5. The van der Waals surface area contributed by atoms with Gasteiger partial charge in [0.25, 0.3) is 0 Å². The third-order valence-electron chi connectivity index (χ3n) is 3.29. The Bertz CT molecular complexity index is 494. The van der Waals surface area contributed by atoms with Crippen molar-refractivity contribution in [3.63, 3.8) is 0 Å². The van der Waals surface area contributed by atoms with Gasteiger partial charge in [0.05, 0.1) is 12.0 Å². The number of benzene rings is 1. The van der Waals surface area contributed by atoms with Gasteiger partial charge in [-0.15, -0.1) is 0 Å². The van der Waals surface area contributed by atoms with Crippen LogP contribution in [0.3, 0.4) is 0 Å². The first-order chi connectivity index (χ1) is 8.48. The van der Waals surface area contributed by atoms with Crippen molar-refractivity contribution in [2.75, 3.05) is 25.2 Å². The van der Waals surface area contributed by atoms with Crippen molar-refractivity contribution in [1.29, 1.82) is 0 Å². The minimum absolute atomic E-state index is 0.0341. The van der Waals surface area contributed by atoms with Gasteiger partial charge in [0.2, 0.25) is 5.91 Å². The first-order valence-corrected chi connectivity index (χ1v) is 5.90. The fourth-order valence-electron chi connectivity index (χ4n) is 2.34. The van der Waals surface area contributed by atoms with E-state index in [1.807, 2.05) is 38.1 Å². The maximum absolute atomic E-state index is 12.4. The van der Waals surface area contributed by atoms with E-state index in [1.54, 1.807) is 4.90 Å². The summed E-state index contributed by atoms with van der Waals surface area (Å²) in [5.41, 5.74) is 1.24. The van der Waals surface area contributed by atoms with Crippen LogP contribution in [-0.4, -0.2) is 32.0 Å². The van der Waals surface area contributed by atoms with E-state index in [4.69, 9.17) is 4.74 Å². The predicted molar refractivity (Wildman–Crippen MR) is 68.7 cm³/mol. The zero-order chi connectivity index (χ0) is 13.3. The Morgan fingerprint density at radius 3 is 2.67 bits per heavy atom. The smallest absolute Gasteiger partial charge is 0.237 e. The summed E-state index contributed by atoms with van der Waals surface area (Å²) in [6.07, 6.45) is 0. The van der Waals surface area contributed by atoms with Gasteiger partial charge in [-0.1, -0.05) is 18.2 Å². The maximum atomic E-state index is 12.4. The molecule has 1 aromatic rings. The van der Waals surface area contributed by atoms with Crippen LogP contribution in [-0.2, 0) is 19.7 Å². The number of carbonyl (C=O) groups excluding carboxylic acids is 2. The number of ether oxygens (including phenoxy) is 1. The molecule has 0 aliphatic carbocycles. The monoisotopic (exact) mass is 247 g/mol. The number of hydrogen-bond donors (Lipinski definition) is 0. The van der Waals surface area contributed by atoms with Crippen molar-refractivity contribution in [2.45, 2.75) is 19.3 Å². The molecule has 0 radical (unpaired) electrons. The Morgan fingerprint density at radius 1 is 1.33 bits per heavy atom. The van der Waals surface area contributed by atoms with Crippen LogP contribution in [0.25, 0.3) is 0 Å². The number of para-hydroxylation sites is 1. The molecule has 0 bridgehead atoms. The Balaban J connectivity index is 2.33. The molecule has 0 unspecified atom stereocenters. The number of hydrogen-bond acceptors (Lipinski definition) is 3. The van der Waals surface area contributed by atoms with Crippen LogP contribution in [0.4, 0.5) is 5.69 Å². The second-order valence-electron chi connectivity index (χ2n) is 5.01. The Morgan fingerprint density at radius 2 is 2.00 bits per heavy atom. The molecule has 96 valence electrons. The summed E-state index contributed by atoms with van der Waals surface area (Å²) in [5.74, 6) is -0.133. The Hall–Kier alpha value is -1.68. The molecule has 1 aliphatic rings. The molecule has 1 amide bonds. The minimum Gasteiger partial charge on any atom is -0.377 e. The van der Waals surface area contributed by atoms with Crippen LogP contribution >= 0.6 is 0 Å². The standard InChI is InChI=1S/C14H17NO3/c1-14(2)11-6-4-5-7-12(11)15(13(14)17)8-10(16)9-18-3/h4-7H,8-9H2,1-3H3.